The molecule has 0 aliphatic carbocycles. The number of para-hydroxylation sites is 4. The van der Waals surface area contributed by atoms with Crippen LogP contribution < -0.4 is 40.6 Å². The summed E-state index contributed by atoms with van der Waals surface area (Å²) in [5.41, 5.74) is 0. The second-order valence-corrected chi connectivity index (χ2v) is 13.6. The molecule has 0 fully saturated rings. The third-order valence-electron chi connectivity index (χ3n) is 6.78. The summed E-state index contributed by atoms with van der Waals surface area (Å²) < 4.78 is 13.2. The van der Waals surface area contributed by atoms with Crippen LogP contribution in [0.15, 0.2) is 121 Å². The average molecular weight is 469 g/mol. The predicted molar refractivity (Wildman–Crippen MR) is 142 cm³/mol. The number of benzene rings is 5. The molecule has 7 rings (SSSR count). The van der Waals surface area contributed by atoms with Crippen LogP contribution >= 0.6 is 0 Å². The van der Waals surface area contributed by atoms with Crippen LogP contribution in [0.1, 0.15) is 0 Å². The van der Waals surface area contributed by atoms with Crippen molar-refractivity contribution in [2.24, 2.45) is 0 Å². The minimum absolute atomic E-state index is 0.522. The molecule has 160 valence electrons. The van der Waals surface area contributed by atoms with Crippen molar-refractivity contribution in [1.29, 1.82) is 0 Å². The SMILES string of the molecule is c1ccc([Si]c2cccc3c2Oc2ccccc2[Si]32c3ccccc3Oc3ccccc32)cc1. The van der Waals surface area contributed by atoms with E-state index in [1.54, 1.807) is 0 Å². The fourth-order valence-corrected chi connectivity index (χ4v) is 11.9. The molecule has 4 heteroatoms. The average Bonchev–Trinajstić information content (AvgIpc) is 2.90. The van der Waals surface area contributed by atoms with Gasteiger partial charge in [-0.1, -0.05) is 108 Å². The van der Waals surface area contributed by atoms with Crippen molar-refractivity contribution in [2.45, 2.75) is 0 Å². The minimum atomic E-state index is -2.65. The Morgan fingerprint density at radius 1 is 0.441 bits per heavy atom. The van der Waals surface area contributed by atoms with Crippen molar-refractivity contribution in [3.8, 4) is 23.0 Å². The van der Waals surface area contributed by atoms with E-state index in [9.17, 15) is 0 Å². The van der Waals surface area contributed by atoms with Crippen LogP contribution in [0.5, 0.6) is 23.0 Å². The van der Waals surface area contributed by atoms with Crippen molar-refractivity contribution < 1.29 is 9.47 Å². The second-order valence-electron chi connectivity index (χ2n) is 8.62. The van der Waals surface area contributed by atoms with Gasteiger partial charge in [0, 0.05) is 0 Å². The van der Waals surface area contributed by atoms with Gasteiger partial charge in [0.25, 0.3) is 0 Å². The molecule has 0 amide bonds. The Morgan fingerprint density at radius 2 is 0.941 bits per heavy atom. The van der Waals surface area contributed by atoms with E-state index in [1.807, 2.05) is 0 Å². The maximum Gasteiger partial charge on any atom is 0.196 e. The van der Waals surface area contributed by atoms with Crippen molar-refractivity contribution in [2.75, 3.05) is 0 Å². The highest BCUT2D eigenvalue weighted by atomic mass is 28.3. The monoisotopic (exact) mass is 468 g/mol. The van der Waals surface area contributed by atoms with E-state index in [1.165, 1.54) is 31.1 Å². The lowest BCUT2D eigenvalue weighted by Gasteiger charge is -2.43. The molecular formula is C30H20O2Si2. The number of fused-ring (bicyclic) bond motifs is 8. The molecule has 0 aromatic heterocycles. The number of rotatable bonds is 2. The number of hydrogen-bond acceptors (Lipinski definition) is 2. The Kier molecular flexibility index (Phi) is 4.37. The summed E-state index contributed by atoms with van der Waals surface area (Å²) in [6.07, 6.45) is 0. The fraction of sp³-hybridized carbons (Fsp3) is 0. The van der Waals surface area contributed by atoms with E-state index in [2.05, 4.69) is 121 Å². The minimum Gasteiger partial charge on any atom is -0.458 e. The normalized spacial score (nSPS) is 14.1. The molecule has 2 radical (unpaired) electrons. The third-order valence-corrected chi connectivity index (χ3v) is 12.9. The van der Waals surface area contributed by atoms with E-state index < -0.39 is 8.07 Å². The molecule has 5 aromatic carbocycles. The summed E-state index contributed by atoms with van der Waals surface area (Å²) in [6, 6.07) is 43.1. The van der Waals surface area contributed by atoms with Gasteiger partial charge < -0.3 is 9.47 Å². The zero-order chi connectivity index (χ0) is 22.5. The molecule has 0 unspecified atom stereocenters. The lowest BCUT2D eigenvalue weighted by molar-refractivity contribution is 0.483. The quantitative estimate of drug-likeness (QED) is 0.363. The summed E-state index contributed by atoms with van der Waals surface area (Å²) in [7, 11) is -2.12. The van der Waals surface area contributed by atoms with Gasteiger partial charge in [-0.2, -0.15) is 0 Å². The Balaban J connectivity index is 1.58. The number of ether oxygens (including phenoxy) is 2. The standard InChI is InChI=1S/C30H20O2Si2/c1-2-11-21(12-3-1)33-25-16-10-20-29-30(25)32-24-15-6-9-19-28(24)34(29)26-17-7-4-13-22(26)31-23-14-5-8-18-27(23)34/h1-20H. The molecular weight excluding hydrogens is 449 g/mol. The molecule has 0 atom stereocenters. The molecule has 0 bridgehead atoms. The zero-order valence-electron chi connectivity index (χ0n) is 18.4. The molecule has 0 N–H and O–H groups in total. The van der Waals surface area contributed by atoms with Crippen LogP contribution in [-0.2, 0) is 0 Å². The topological polar surface area (TPSA) is 18.5 Å². The molecule has 1 spiro atoms. The molecule has 2 heterocycles. The first-order valence-corrected chi connectivity index (χ1v) is 14.5. The van der Waals surface area contributed by atoms with Crippen LogP contribution in [0.3, 0.4) is 0 Å². The van der Waals surface area contributed by atoms with Gasteiger partial charge in [-0.3, -0.25) is 0 Å². The first kappa shape index (κ1) is 19.6. The maximum absolute atomic E-state index is 6.74. The first-order chi connectivity index (χ1) is 16.9. The molecule has 5 aromatic rings. The van der Waals surface area contributed by atoms with Crippen LogP contribution in [0.4, 0.5) is 0 Å². The third kappa shape index (κ3) is 2.73. The molecule has 2 aliphatic heterocycles. The van der Waals surface area contributed by atoms with Crippen LogP contribution in [0.2, 0.25) is 0 Å². The van der Waals surface area contributed by atoms with Gasteiger partial charge in [-0.25, -0.2) is 0 Å². The molecule has 0 saturated heterocycles. The van der Waals surface area contributed by atoms with Crippen molar-refractivity contribution in [3.63, 3.8) is 0 Å². The van der Waals surface area contributed by atoms with Crippen molar-refractivity contribution >= 4 is 48.7 Å². The van der Waals surface area contributed by atoms with Gasteiger partial charge in [-0.05, 0) is 44.1 Å². The van der Waals surface area contributed by atoms with E-state index >= 15 is 0 Å². The highest BCUT2D eigenvalue weighted by molar-refractivity contribution is 7.21. The first-order valence-electron chi connectivity index (χ1n) is 11.5. The Morgan fingerprint density at radius 3 is 1.56 bits per heavy atom. The summed E-state index contributed by atoms with van der Waals surface area (Å²) in [5.74, 6) is 3.87. The van der Waals surface area contributed by atoms with Gasteiger partial charge >= 0.3 is 0 Å². The highest BCUT2D eigenvalue weighted by Crippen LogP contribution is 2.35. The van der Waals surface area contributed by atoms with E-state index in [0.717, 1.165) is 23.0 Å². The summed E-state index contributed by atoms with van der Waals surface area (Å²) in [4.78, 5) is 0. The Hall–Kier alpha value is -3.87. The van der Waals surface area contributed by atoms with Crippen LogP contribution in [-0.4, -0.2) is 17.6 Å². The van der Waals surface area contributed by atoms with Gasteiger partial charge in [0.2, 0.25) is 0 Å². The summed E-state index contributed by atoms with van der Waals surface area (Å²) >= 11 is 0. The van der Waals surface area contributed by atoms with Crippen molar-refractivity contribution in [3.05, 3.63) is 121 Å². The van der Waals surface area contributed by atoms with E-state index in [0.29, 0.717) is 9.52 Å². The second kappa shape index (κ2) is 7.59. The summed E-state index contributed by atoms with van der Waals surface area (Å²) in [6.45, 7) is 0. The van der Waals surface area contributed by atoms with Crippen LogP contribution in [0, 0.1) is 0 Å². The zero-order valence-corrected chi connectivity index (χ0v) is 20.4. The Bertz CT molecular complexity index is 1480. The smallest absolute Gasteiger partial charge is 0.196 e. The van der Waals surface area contributed by atoms with Gasteiger partial charge in [0.05, 0.1) is 0 Å². The largest absolute Gasteiger partial charge is 0.458 e. The van der Waals surface area contributed by atoms with Crippen LogP contribution in [0.25, 0.3) is 0 Å². The highest BCUT2D eigenvalue weighted by Gasteiger charge is 2.53. The molecule has 2 nitrogen and oxygen atoms in total. The van der Waals surface area contributed by atoms with Crippen molar-refractivity contribution in [1.82, 2.24) is 0 Å². The molecule has 34 heavy (non-hydrogen) atoms. The lowest BCUT2D eigenvalue weighted by atomic mass is 10.3. The van der Waals surface area contributed by atoms with Gasteiger partial charge in [0.15, 0.2) is 8.07 Å². The van der Waals surface area contributed by atoms with E-state index in [-0.39, 0.29) is 0 Å². The predicted octanol–water partition coefficient (Wildman–Crippen LogP) is 2.93. The summed E-state index contributed by atoms with van der Waals surface area (Å²) in [5, 5.41) is 7.70. The van der Waals surface area contributed by atoms with Gasteiger partial charge in [-0.15, -0.1) is 0 Å². The lowest BCUT2D eigenvalue weighted by Crippen LogP contribution is -2.77. The molecule has 0 saturated carbocycles. The Labute approximate surface area is 202 Å². The molecule has 2 aliphatic rings. The fourth-order valence-electron chi connectivity index (χ4n) is 5.41. The maximum atomic E-state index is 6.74. The van der Waals surface area contributed by atoms with Gasteiger partial charge in [0.1, 0.15) is 32.5 Å². The number of hydrogen-bond donors (Lipinski definition) is 0. The van der Waals surface area contributed by atoms with E-state index in [4.69, 9.17) is 9.47 Å².